The van der Waals surface area contributed by atoms with Crippen molar-refractivity contribution in [3.05, 3.63) is 18.2 Å². The van der Waals surface area contributed by atoms with Crippen LogP contribution in [0, 0.1) is 5.92 Å². The van der Waals surface area contributed by atoms with E-state index in [1.54, 1.807) is 0 Å². The normalized spacial score (nSPS) is 24.7. The lowest BCUT2D eigenvalue weighted by molar-refractivity contribution is -0.136. The van der Waals surface area contributed by atoms with Gasteiger partial charge in [0.1, 0.15) is 5.82 Å². The zero-order valence-electron chi connectivity index (χ0n) is 13.2. The number of carbonyl (C=O) groups excluding carboxylic acids is 1. The van der Waals surface area contributed by atoms with Gasteiger partial charge in [0.25, 0.3) is 0 Å². The number of aryl methyl sites for hydroxylation is 1. The van der Waals surface area contributed by atoms with E-state index in [9.17, 15) is 4.79 Å². The zero-order chi connectivity index (χ0) is 14.8. The van der Waals surface area contributed by atoms with E-state index in [4.69, 9.17) is 0 Å². The van der Waals surface area contributed by atoms with Crippen LogP contribution in [0.5, 0.6) is 0 Å². The second-order valence-corrected chi connectivity index (χ2v) is 6.42. The molecule has 1 amide bonds. The van der Waals surface area contributed by atoms with Crippen molar-refractivity contribution in [2.45, 2.75) is 38.6 Å². The van der Waals surface area contributed by atoms with Gasteiger partial charge in [-0.3, -0.25) is 4.79 Å². The zero-order valence-corrected chi connectivity index (χ0v) is 13.2. The summed E-state index contributed by atoms with van der Waals surface area (Å²) < 4.78 is 2.23. The van der Waals surface area contributed by atoms with Crippen LogP contribution < -0.4 is 0 Å². The van der Waals surface area contributed by atoms with Crippen molar-refractivity contribution < 1.29 is 4.79 Å². The van der Waals surface area contributed by atoms with Gasteiger partial charge in [-0.1, -0.05) is 0 Å². The molecule has 2 aliphatic rings. The average Bonchev–Trinajstić information content (AvgIpc) is 3.15. The van der Waals surface area contributed by atoms with Gasteiger partial charge in [-0.25, -0.2) is 4.98 Å². The fourth-order valence-electron chi connectivity index (χ4n) is 3.70. The number of carbonyl (C=O) groups is 1. The first-order valence-corrected chi connectivity index (χ1v) is 8.17. The van der Waals surface area contributed by atoms with Crippen molar-refractivity contribution in [2.75, 3.05) is 33.2 Å². The van der Waals surface area contributed by atoms with Crippen molar-refractivity contribution in [3.8, 4) is 0 Å². The lowest BCUT2D eigenvalue weighted by atomic mass is 9.94. The minimum Gasteiger partial charge on any atom is -0.342 e. The maximum atomic E-state index is 12.5. The second kappa shape index (κ2) is 6.18. The van der Waals surface area contributed by atoms with Crippen LogP contribution in [-0.4, -0.2) is 58.5 Å². The third kappa shape index (κ3) is 2.98. The van der Waals surface area contributed by atoms with E-state index in [0.29, 0.717) is 11.8 Å². The molecule has 0 bridgehead atoms. The summed E-state index contributed by atoms with van der Waals surface area (Å²) in [6, 6.07) is 0. The van der Waals surface area contributed by atoms with Gasteiger partial charge in [0.15, 0.2) is 0 Å². The summed E-state index contributed by atoms with van der Waals surface area (Å²) >= 11 is 0. The van der Waals surface area contributed by atoms with E-state index in [1.807, 2.05) is 6.20 Å². The third-order valence-corrected chi connectivity index (χ3v) is 5.00. The predicted molar refractivity (Wildman–Crippen MR) is 82.1 cm³/mol. The molecule has 0 radical (unpaired) electrons. The Kier molecular flexibility index (Phi) is 4.29. The highest BCUT2D eigenvalue weighted by Gasteiger charge is 2.32. The molecule has 5 nitrogen and oxygen atoms in total. The van der Waals surface area contributed by atoms with Crippen LogP contribution in [0.1, 0.15) is 37.9 Å². The maximum Gasteiger partial charge on any atom is 0.227 e. The standard InChI is InChI=1S/C16H26N4O/c1-3-19-11-7-17-15(19)13-5-9-20(10-6-13)16(21)14-4-8-18(2)12-14/h7,11,13-14H,3-6,8-10,12H2,1-2H3/t14-/m0/s1. The number of likely N-dealkylation sites (tertiary alicyclic amines) is 2. The predicted octanol–water partition coefficient (Wildman–Crippen LogP) is 1.56. The summed E-state index contributed by atoms with van der Waals surface area (Å²) in [5, 5.41) is 0. The van der Waals surface area contributed by atoms with Crippen LogP contribution in [0.25, 0.3) is 0 Å². The molecule has 2 fully saturated rings. The van der Waals surface area contributed by atoms with Crippen LogP contribution >= 0.6 is 0 Å². The van der Waals surface area contributed by atoms with Crippen LogP contribution in [0.15, 0.2) is 12.4 Å². The van der Waals surface area contributed by atoms with Gasteiger partial charge in [0.2, 0.25) is 5.91 Å². The maximum absolute atomic E-state index is 12.5. The Bertz CT molecular complexity index is 490. The highest BCUT2D eigenvalue weighted by atomic mass is 16.2. The number of hydrogen-bond donors (Lipinski definition) is 0. The van der Waals surface area contributed by atoms with Crippen molar-refractivity contribution in [1.29, 1.82) is 0 Å². The topological polar surface area (TPSA) is 41.4 Å². The fourth-order valence-corrected chi connectivity index (χ4v) is 3.70. The SMILES string of the molecule is CCn1ccnc1C1CCN(C(=O)[C@H]2CCN(C)C2)CC1. The smallest absolute Gasteiger partial charge is 0.227 e. The number of hydrogen-bond acceptors (Lipinski definition) is 3. The molecule has 1 atom stereocenters. The Morgan fingerprint density at radius 2 is 2.05 bits per heavy atom. The van der Waals surface area contributed by atoms with Gasteiger partial charge in [0.05, 0.1) is 5.92 Å². The van der Waals surface area contributed by atoms with Crippen molar-refractivity contribution in [2.24, 2.45) is 5.92 Å². The van der Waals surface area contributed by atoms with E-state index < -0.39 is 0 Å². The molecular weight excluding hydrogens is 264 g/mol. The molecule has 0 spiro atoms. The number of rotatable bonds is 3. The second-order valence-electron chi connectivity index (χ2n) is 6.42. The molecule has 0 N–H and O–H groups in total. The number of amides is 1. The Hall–Kier alpha value is -1.36. The summed E-state index contributed by atoms with van der Waals surface area (Å²) in [5.74, 6) is 2.31. The van der Waals surface area contributed by atoms with E-state index >= 15 is 0 Å². The number of piperidine rings is 1. The molecule has 0 aliphatic carbocycles. The third-order valence-electron chi connectivity index (χ3n) is 5.00. The number of aromatic nitrogens is 2. The molecule has 0 aromatic carbocycles. The minimum absolute atomic E-state index is 0.226. The highest BCUT2D eigenvalue weighted by Crippen LogP contribution is 2.28. The molecular formula is C16H26N4O. The van der Waals surface area contributed by atoms with Crippen molar-refractivity contribution >= 4 is 5.91 Å². The first-order chi connectivity index (χ1) is 10.2. The van der Waals surface area contributed by atoms with Crippen LogP contribution in [0.3, 0.4) is 0 Å². The molecule has 3 rings (SSSR count). The van der Waals surface area contributed by atoms with Gasteiger partial charge in [-0.2, -0.15) is 0 Å². The molecule has 3 heterocycles. The lowest BCUT2D eigenvalue weighted by Crippen LogP contribution is -2.42. The molecule has 1 aromatic heterocycles. The van der Waals surface area contributed by atoms with Gasteiger partial charge >= 0.3 is 0 Å². The Balaban J connectivity index is 1.56. The monoisotopic (exact) mass is 290 g/mol. The quantitative estimate of drug-likeness (QED) is 0.848. The van der Waals surface area contributed by atoms with Gasteiger partial charge < -0.3 is 14.4 Å². The molecule has 5 heteroatoms. The first-order valence-electron chi connectivity index (χ1n) is 8.17. The molecule has 0 unspecified atom stereocenters. The molecule has 2 aliphatic heterocycles. The molecule has 2 saturated heterocycles. The van der Waals surface area contributed by atoms with Crippen molar-refractivity contribution in [3.63, 3.8) is 0 Å². The van der Waals surface area contributed by atoms with Crippen LogP contribution in [0.2, 0.25) is 0 Å². The van der Waals surface area contributed by atoms with Gasteiger partial charge in [-0.05, 0) is 39.8 Å². The van der Waals surface area contributed by atoms with Gasteiger partial charge in [0, 0.05) is 44.5 Å². The highest BCUT2D eigenvalue weighted by molar-refractivity contribution is 5.79. The average molecular weight is 290 g/mol. The van der Waals surface area contributed by atoms with Crippen LogP contribution in [0.4, 0.5) is 0 Å². The lowest BCUT2D eigenvalue weighted by Gasteiger charge is -2.33. The summed E-state index contributed by atoms with van der Waals surface area (Å²) in [5.41, 5.74) is 0. The Morgan fingerprint density at radius 3 is 2.67 bits per heavy atom. The summed E-state index contributed by atoms with van der Waals surface area (Å²) in [6.45, 7) is 6.89. The van der Waals surface area contributed by atoms with Crippen LogP contribution in [-0.2, 0) is 11.3 Å². The van der Waals surface area contributed by atoms with E-state index in [-0.39, 0.29) is 5.92 Å². The Morgan fingerprint density at radius 1 is 1.29 bits per heavy atom. The Labute approximate surface area is 126 Å². The van der Waals surface area contributed by atoms with E-state index in [1.165, 1.54) is 5.82 Å². The van der Waals surface area contributed by atoms with Gasteiger partial charge in [-0.15, -0.1) is 0 Å². The number of nitrogens with zero attached hydrogens (tertiary/aromatic N) is 4. The molecule has 1 aromatic rings. The summed E-state index contributed by atoms with van der Waals surface area (Å²) in [7, 11) is 2.10. The molecule has 116 valence electrons. The van der Waals surface area contributed by atoms with E-state index in [0.717, 1.165) is 52.0 Å². The summed E-state index contributed by atoms with van der Waals surface area (Å²) in [4.78, 5) is 21.4. The number of imidazole rings is 1. The minimum atomic E-state index is 0.226. The largest absolute Gasteiger partial charge is 0.342 e. The summed E-state index contributed by atoms with van der Waals surface area (Å²) in [6.07, 6.45) is 7.07. The fraction of sp³-hybridized carbons (Fsp3) is 0.750. The van der Waals surface area contributed by atoms with Crippen molar-refractivity contribution in [1.82, 2.24) is 19.4 Å². The molecule has 21 heavy (non-hydrogen) atoms. The molecule has 0 saturated carbocycles. The first kappa shape index (κ1) is 14.6. The van der Waals surface area contributed by atoms with E-state index in [2.05, 4.69) is 39.5 Å².